The van der Waals surface area contributed by atoms with Crippen LogP contribution in [0.3, 0.4) is 0 Å². The average molecular weight is 209 g/mol. The summed E-state index contributed by atoms with van der Waals surface area (Å²) in [5.74, 6) is -1.43. The molecule has 0 saturated carbocycles. The summed E-state index contributed by atoms with van der Waals surface area (Å²) in [5.41, 5.74) is 1.36. The lowest BCUT2D eigenvalue weighted by Crippen LogP contribution is -1.91. The minimum absolute atomic E-state index is 0. The number of halogens is 1. The molecule has 0 radical (unpaired) electrons. The summed E-state index contributed by atoms with van der Waals surface area (Å²) in [6, 6.07) is 2.10. The molecule has 0 aromatic carbocycles. The molecule has 1 aromatic heterocycles. The standard InChI is InChI=1S/C5H6S.C2H2O3.ClH/c1-5-2-3-6-4-5;3-1-2(4)5;/h2-4H,1H3;1H,(H,4,5);1H. The first-order valence-corrected chi connectivity index (χ1v) is 3.78. The minimum atomic E-state index is -1.43. The number of carbonyl (C=O) groups excluding carboxylic acids is 1. The molecule has 0 spiro atoms. The highest BCUT2D eigenvalue weighted by Gasteiger charge is 1.80. The third kappa shape index (κ3) is 9.13. The van der Waals surface area contributed by atoms with Gasteiger partial charge in [-0.2, -0.15) is 11.3 Å². The third-order valence-corrected chi connectivity index (χ3v) is 1.57. The zero-order valence-electron chi connectivity index (χ0n) is 6.39. The van der Waals surface area contributed by atoms with E-state index in [4.69, 9.17) is 14.7 Å². The van der Waals surface area contributed by atoms with Crippen molar-refractivity contribution in [2.45, 2.75) is 6.92 Å². The van der Waals surface area contributed by atoms with Gasteiger partial charge in [0.05, 0.1) is 0 Å². The van der Waals surface area contributed by atoms with Crippen molar-refractivity contribution in [2.75, 3.05) is 0 Å². The van der Waals surface area contributed by atoms with Gasteiger partial charge in [0.1, 0.15) is 0 Å². The van der Waals surface area contributed by atoms with E-state index in [0.717, 1.165) is 0 Å². The lowest BCUT2D eigenvalue weighted by Gasteiger charge is -1.65. The quantitative estimate of drug-likeness (QED) is 0.565. The van der Waals surface area contributed by atoms with E-state index >= 15 is 0 Å². The number of rotatable bonds is 1. The van der Waals surface area contributed by atoms with Crippen molar-refractivity contribution in [2.24, 2.45) is 0 Å². The van der Waals surface area contributed by atoms with E-state index in [0.29, 0.717) is 0 Å². The SMILES string of the molecule is Cc1ccsc1.Cl.O=CC(=O)O. The molecule has 1 rings (SSSR count). The second kappa shape index (κ2) is 8.23. The molecule has 68 valence electrons. The fourth-order valence-electron chi connectivity index (χ4n) is 0.333. The molecule has 0 aliphatic carbocycles. The second-order valence-corrected chi connectivity index (χ2v) is 2.54. The number of aliphatic carboxylic acids is 1. The number of carbonyl (C=O) groups is 2. The molecule has 0 amide bonds. The van der Waals surface area contributed by atoms with Crippen molar-refractivity contribution in [1.82, 2.24) is 0 Å². The Labute approximate surface area is 80.4 Å². The molecule has 0 saturated heterocycles. The molecule has 0 atom stereocenters. The van der Waals surface area contributed by atoms with Gasteiger partial charge in [-0.15, -0.1) is 12.4 Å². The van der Waals surface area contributed by atoms with Crippen LogP contribution in [0.5, 0.6) is 0 Å². The van der Waals surface area contributed by atoms with Gasteiger partial charge in [-0.3, -0.25) is 4.79 Å². The Morgan fingerprint density at radius 3 is 2.25 bits per heavy atom. The number of thiophene rings is 1. The van der Waals surface area contributed by atoms with Gasteiger partial charge >= 0.3 is 5.97 Å². The molecule has 0 fully saturated rings. The van der Waals surface area contributed by atoms with Crippen LogP contribution in [0.2, 0.25) is 0 Å². The number of aldehydes is 1. The number of carboxylic acids is 1. The lowest BCUT2D eigenvalue weighted by molar-refractivity contribution is -0.143. The molecule has 5 heteroatoms. The van der Waals surface area contributed by atoms with E-state index in [2.05, 4.69) is 23.8 Å². The molecule has 0 aliphatic heterocycles. The Morgan fingerprint density at radius 1 is 1.67 bits per heavy atom. The normalized spacial score (nSPS) is 7.08. The molecule has 0 aliphatic rings. The fourth-order valence-corrected chi connectivity index (χ4v) is 0.998. The summed E-state index contributed by atoms with van der Waals surface area (Å²) >= 11 is 1.74. The Bertz CT molecular complexity index is 221. The van der Waals surface area contributed by atoms with Crippen LogP contribution in [-0.2, 0) is 9.59 Å². The molecule has 0 bridgehead atoms. The number of aryl methyl sites for hydroxylation is 1. The Morgan fingerprint density at radius 2 is 2.17 bits per heavy atom. The van der Waals surface area contributed by atoms with Crippen LogP contribution < -0.4 is 0 Å². The maximum atomic E-state index is 9.00. The van der Waals surface area contributed by atoms with Gasteiger partial charge in [0.2, 0.25) is 6.29 Å². The van der Waals surface area contributed by atoms with Gasteiger partial charge in [-0.25, -0.2) is 4.79 Å². The van der Waals surface area contributed by atoms with Crippen LogP contribution in [0.15, 0.2) is 16.8 Å². The summed E-state index contributed by atoms with van der Waals surface area (Å²) in [4.78, 5) is 17.9. The van der Waals surface area contributed by atoms with Crippen LogP contribution in [-0.4, -0.2) is 17.4 Å². The molecular formula is C7H9ClO3S. The van der Waals surface area contributed by atoms with E-state index < -0.39 is 5.97 Å². The Kier molecular flexibility index (Phi) is 9.40. The van der Waals surface area contributed by atoms with Gasteiger partial charge in [0.15, 0.2) is 0 Å². The van der Waals surface area contributed by atoms with Crippen molar-refractivity contribution in [3.8, 4) is 0 Å². The summed E-state index contributed by atoms with van der Waals surface area (Å²) in [6.07, 6.45) is -0.167. The molecule has 1 heterocycles. The summed E-state index contributed by atoms with van der Waals surface area (Å²) in [6.45, 7) is 2.09. The molecule has 1 aromatic rings. The highest BCUT2D eigenvalue weighted by Crippen LogP contribution is 2.01. The first kappa shape index (κ1) is 13.7. The zero-order valence-corrected chi connectivity index (χ0v) is 8.02. The van der Waals surface area contributed by atoms with Crippen LogP contribution in [0.25, 0.3) is 0 Å². The van der Waals surface area contributed by atoms with Gasteiger partial charge in [0.25, 0.3) is 0 Å². The number of hydrogen-bond acceptors (Lipinski definition) is 3. The lowest BCUT2D eigenvalue weighted by atomic mass is 10.4. The third-order valence-electron chi connectivity index (χ3n) is 0.764. The Balaban J connectivity index is 0. The largest absolute Gasteiger partial charge is 0.476 e. The summed E-state index contributed by atoms with van der Waals surface area (Å²) in [5, 5.41) is 11.6. The van der Waals surface area contributed by atoms with Crippen molar-refractivity contribution < 1.29 is 14.7 Å². The number of carboxylic acid groups (broad SMARTS) is 1. The summed E-state index contributed by atoms with van der Waals surface area (Å²) < 4.78 is 0. The molecule has 0 unspecified atom stereocenters. The van der Waals surface area contributed by atoms with Gasteiger partial charge in [-0.05, 0) is 29.3 Å². The second-order valence-electron chi connectivity index (χ2n) is 1.76. The first-order chi connectivity index (χ1) is 5.16. The predicted molar refractivity (Wildman–Crippen MR) is 50.0 cm³/mol. The molecule has 3 nitrogen and oxygen atoms in total. The maximum Gasteiger partial charge on any atom is 0.368 e. The van der Waals surface area contributed by atoms with Crippen LogP contribution in [0.1, 0.15) is 5.56 Å². The van der Waals surface area contributed by atoms with E-state index in [1.54, 1.807) is 11.3 Å². The van der Waals surface area contributed by atoms with E-state index in [9.17, 15) is 0 Å². The van der Waals surface area contributed by atoms with Gasteiger partial charge in [0, 0.05) is 0 Å². The highest BCUT2D eigenvalue weighted by atomic mass is 35.5. The smallest absolute Gasteiger partial charge is 0.368 e. The fraction of sp³-hybridized carbons (Fsp3) is 0.143. The van der Waals surface area contributed by atoms with E-state index in [1.165, 1.54) is 5.56 Å². The molecule has 1 N–H and O–H groups in total. The van der Waals surface area contributed by atoms with E-state index in [1.807, 2.05) is 0 Å². The van der Waals surface area contributed by atoms with Crippen molar-refractivity contribution in [1.29, 1.82) is 0 Å². The zero-order chi connectivity index (χ0) is 8.69. The maximum absolute atomic E-state index is 9.00. The summed E-state index contributed by atoms with van der Waals surface area (Å²) in [7, 11) is 0. The Hall–Kier alpha value is -0.870. The molecule has 12 heavy (non-hydrogen) atoms. The predicted octanol–water partition coefficient (Wildman–Crippen LogP) is 1.75. The van der Waals surface area contributed by atoms with Crippen LogP contribution in [0, 0.1) is 6.92 Å². The van der Waals surface area contributed by atoms with Crippen molar-refractivity contribution in [3.63, 3.8) is 0 Å². The minimum Gasteiger partial charge on any atom is -0.476 e. The van der Waals surface area contributed by atoms with Crippen molar-refractivity contribution in [3.05, 3.63) is 22.4 Å². The van der Waals surface area contributed by atoms with Gasteiger partial charge < -0.3 is 5.11 Å². The van der Waals surface area contributed by atoms with Gasteiger partial charge in [-0.1, -0.05) is 0 Å². The average Bonchev–Trinajstić information content (AvgIpc) is 2.41. The first-order valence-electron chi connectivity index (χ1n) is 2.83. The molecular weight excluding hydrogens is 200 g/mol. The topological polar surface area (TPSA) is 54.4 Å². The van der Waals surface area contributed by atoms with Crippen LogP contribution >= 0.6 is 23.7 Å². The highest BCUT2D eigenvalue weighted by molar-refractivity contribution is 7.07. The monoisotopic (exact) mass is 208 g/mol. The van der Waals surface area contributed by atoms with Crippen LogP contribution in [0.4, 0.5) is 0 Å². The number of hydrogen-bond donors (Lipinski definition) is 1. The van der Waals surface area contributed by atoms with E-state index in [-0.39, 0.29) is 18.7 Å². The van der Waals surface area contributed by atoms with Crippen molar-refractivity contribution >= 4 is 36.0 Å².